The monoisotopic (exact) mass is 317 g/mol. The highest BCUT2D eigenvalue weighted by Gasteiger charge is 2.26. The van der Waals surface area contributed by atoms with Crippen molar-refractivity contribution in [2.75, 3.05) is 12.4 Å². The molecule has 0 aliphatic carbocycles. The molecule has 0 fully saturated rings. The molecule has 0 unspecified atom stereocenters. The van der Waals surface area contributed by atoms with Crippen molar-refractivity contribution in [3.63, 3.8) is 0 Å². The summed E-state index contributed by atoms with van der Waals surface area (Å²) in [4.78, 5) is 20.4. The number of imidazole rings is 1. The number of anilines is 1. The van der Waals surface area contributed by atoms with Crippen molar-refractivity contribution in [1.29, 1.82) is 0 Å². The van der Waals surface area contributed by atoms with Crippen molar-refractivity contribution in [2.24, 2.45) is 5.41 Å². The first kappa shape index (κ1) is 16.8. The second-order valence-corrected chi connectivity index (χ2v) is 6.34. The van der Waals surface area contributed by atoms with E-state index < -0.39 is 0 Å². The van der Waals surface area contributed by atoms with Gasteiger partial charge in [0.1, 0.15) is 5.69 Å². The lowest BCUT2D eigenvalue weighted by atomic mass is 9.86. The highest BCUT2D eigenvalue weighted by molar-refractivity contribution is 5.90. The molecule has 7 heteroatoms. The maximum Gasteiger partial charge on any atom is 0.319 e. The van der Waals surface area contributed by atoms with Crippen LogP contribution in [0.5, 0.6) is 5.88 Å². The third-order valence-electron chi connectivity index (χ3n) is 3.52. The van der Waals surface area contributed by atoms with Gasteiger partial charge in [0.25, 0.3) is 0 Å². The quantitative estimate of drug-likeness (QED) is 0.888. The summed E-state index contributed by atoms with van der Waals surface area (Å²) in [6.07, 6.45) is 6.95. The van der Waals surface area contributed by atoms with Gasteiger partial charge in [0, 0.05) is 25.1 Å². The number of carbonyl (C=O) groups excluding carboxylic acids is 1. The summed E-state index contributed by atoms with van der Waals surface area (Å²) in [5.74, 6) is 0.379. The number of nitrogens with zero attached hydrogens (tertiary/aromatic N) is 3. The molecule has 2 heterocycles. The van der Waals surface area contributed by atoms with E-state index in [1.54, 1.807) is 30.9 Å². The first-order valence-electron chi connectivity index (χ1n) is 7.42. The Balaban J connectivity index is 2.05. The fourth-order valence-corrected chi connectivity index (χ4v) is 2.11. The van der Waals surface area contributed by atoms with Gasteiger partial charge in [-0.25, -0.2) is 14.8 Å². The van der Waals surface area contributed by atoms with E-state index in [2.05, 4.69) is 41.4 Å². The normalized spacial score (nSPS) is 12.5. The van der Waals surface area contributed by atoms with Gasteiger partial charge < -0.3 is 19.9 Å². The number of carbonyl (C=O) groups is 1. The van der Waals surface area contributed by atoms with Gasteiger partial charge in [0.2, 0.25) is 5.88 Å². The van der Waals surface area contributed by atoms with Crippen molar-refractivity contribution in [1.82, 2.24) is 19.9 Å². The second kappa shape index (κ2) is 7.13. The van der Waals surface area contributed by atoms with E-state index in [0.717, 1.165) is 0 Å². The lowest BCUT2D eigenvalue weighted by Crippen LogP contribution is -2.47. The maximum atomic E-state index is 12.3. The molecule has 0 spiro atoms. The van der Waals surface area contributed by atoms with Gasteiger partial charge in [-0.1, -0.05) is 20.8 Å². The van der Waals surface area contributed by atoms with E-state index in [0.29, 0.717) is 18.1 Å². The van der Waals surface area contributed by atoms with Gasteiger partial charge in [-0.2, -0.15) is 0 Å². The largest absolute Gasteiger partial charge is 0.480 e. The molecule has 124 valence electrons. The zero-order chi connectivity index (χ0) is 16.9. The Labute approximate surface area is 136 Å². The van der Waals surface area contributed by atoms with Crippen molar-refractivity contribution in [3.8, 4) is 5.88 Å². The number of nitrogens with one attached hydrogen (secondary N) is 2. The van der Waals surface area contributed by atoms with Gasteiger partial charge in [-0.3, -0.25) is 0 Å². The molecule has 1 atom stereocenters. The Morgan fingerprint density at radius 2 is 2.17 bits per heavy atom. The van der Waals surface area contributed by atoms with Crippen LogP contribution in [0.15, 0.2) is 37.1 Å². The Kier molecular flexibility index (Phi) is 5.20. The van der Waals surface area contributed by atoms with Crippen LogP contribution < -0.4 is 15.4 Å². The van der Waals surface area contributed by atoms with Gasteiger partial charge in [-0.15, -0.1) is 0 Å². The van der Waals surface area contributed by atoms with E-state index in [9.17, 15) is 4.79 Å². The molecule has 2 aromatic rings. The van der Waals surface area contributed by atoms with Gasteiger partial charge in [-0.05, 0) is 17.5 Å². The van der Waals surface area contributed by atoms with E-state index in [4.69, 9.17) is 4.74 Å². The molecule has 7 nitrogen and oxygen atoms in total. The van der Waals surface area contributed by atoms with Crippen LogP contribution in [0.4, 0.5) is 10.5 Å². The van der Waals surface area contributed by atoms with E-state index in [1.165, 1.54) is 7.11 Å². The van der Waals surface area contributed by atoms with Crippen LogP contribution in [0.1, 0.15) is 20.8 Å². The minimum atomic E-state index is -0.295. The zero-order valence-corrected chi connectivity index (χ0v) is 13.9. The van der Waals surface area contributed by atoms with Crippen LogP contribution in [0, 0.1) is 5.41 Å². The molecule has 2 aromatic heterocycles. The fourth-order valence-electron chi connectivity index (χ4n) is 2.11. The molecule has 0 saturated carbocycles. The van der Waals surface area contributed by atoms with Gasteiger partial charge in [0.05, 0.1) is 19.5 Å². The average Bonchev–Trinajstić information content (AvgIpc) is 2.99. The molecule has 0 aliphatic rings. The molecule has 2 rings (SSSR count). The summed E-state index contributed by atoms with van der Waals surface area (Å²) in [6.45, 7) is 6.89. The van der Waals surface area contributed by atoms with Crippen LogP contribution in [0.3, 0.4) is 0 Å². The Hall–Kier alpha value is -2.57. The average molecular weight is 317 g/mol. The van der Waals surface area contributed by atoms with Crippen LogP contribution in [0.2, 0.25) is 0 Å². The molecule has 2 amide bonds. The zero-order valence-electron chi connectivity index (χ0n) is 13.9. The van der Waals surface area contributed by atoms with Gasteiger partial charge in [0.15, 0.2) is 0 Å². The Morgan fingerprint density at radius 1 is 1.39 bits per heavy atom. The SMILES string of the molecule is COc1ncccc1NC(=O)N[C@@H](Cn1ccnc1)C(C)(C)C. The summed E-state index contributed by atoms with van der Waals surface area (Å²) in [5.41, 5.74) is 0.420. The van der Waals surface area contributed by atoms with Crippen molar-refractivity contribution < 1.29 is 9.53 Å². The Morgan fingerprint density at radius 3 is 2.78 bits per heavy atom. The number of methoxy groups -OCH3 is 1. The molecular formula is C16H23N5O2. The predicted octanol–water partition coefficient (Wildman–Crippen LogP) is 2.52. The molecule has 0 bridgehead atoms. The van der Waals surface area contributed by atoms with Crippen molar-refractivity contribution in [2.45, 2.75) is 33.4 Å². The lowest BCUT2D eigenvalue weighted by Gasteiger charge is -2.31. The van der Waals surface area contributed by atoms with Crippen LogP contribution in [0.25, 0.3) is 0 Å². The molecule has 23 heavy (non-hydrogen) atoms. The number of hydrogen-bond acceptors (Lipinski definition) is 4. The molecule has 0 aliphatic heterocycles. The summed E-state index contributed by atoms with van der Waals surface area (Å²) in [6, 6.07) is 3.12. The molecular weight excluding hydrogens is 294 g/mol. The summed E-state index contributed by atoms with van der Waals surface area (Å²) in [7, 11) is 1.52. The van der Waals surface area contributed by atoms with Crippen LogP contribution in [-0.2, 0) is 6.54 Å². The third kappa shape index (κ3) is 4.70. The molecule has 0 radical (unpaired) electrons. The van der Waals surface area contributed by atoms with Crippen LogP contribution >= 0.6 is 0 Å². The van der Waals surface area contributed by atoms with Crippen LogP contribution in [-0.4, -0.2) is 33.7 Å². The highest BCUT2D eigenvalue weighted by atomic mass is 16.5. The first-order chi connectivity index (χ1) is 10.9. The number of urea groups is 1. The molecule has 0 saturated heterocycles. The number of rotatable bonds is 5. The molecule has 2 N–H and O–H groups in total. The topological polar surface area (TPSA) is 81.1 Å². The molecule has 0 aromatic carbocycles. The number of ether oxygens (including phenoxy) is 1. The predicted molar refractivity (Wildman–Crippen MR) is 88.4 cm³/mol. The standard InChI is InChI=1S/C16H23N5O2/c1-16(2,3)13(10-21-9-8-17-11-21)20-15(22)19-12-6-5-7-18-14(12)23-4/h5-9,11,13H,10H2,1-4H3,(H2,19,20,22)/t13-/m0/s1. The second-order valence-electron chi connectivity index (χ2n) is 6.34. The van der Waals surface area contributed by atoms with E-state index >= 15 is 0 Å². The number of hydrogen-bond donors (Lipinski definition) is 2. The summed E-state index contributed by atoms with van der Waals surface area (Å²) >= 11 is 0. The highest BCUT2D eigenvalue weighted by Crippen LogP contribution is 2.22. The summed E-state index contributed by atoms with van der Waals surface area (Å²) in [5, 5.41) is 5.79. The van der Waals surface area contributed by atoms with Gasteiger partial charge >= 0.3 is 6.03 Å². The van der Waals surface area contributed by atoms with E-state index in [1.807, 2.05) is 10.8 Å². The lowest BCUT2D eigenvalue weighted by molar-refractivity contribution is 0.218. The maximum absolute atomic E-state index is 12.3. The fraction of sp³-hybridized carbons (Fsp3) is 0.438. The number of pyridine rings is 1. The third-order valence-corrected chi connectivity index (χ3v) is 3.52. The Bertz CT molecular complexity index is 634. The van der Waals surface area contributed by atoms with E-state index in [-0.39, 0.29) is 17.5 Å². The van der Waals surface area contributed by atoms with Crippen molar-refractivity contribution >= 4 is 11.7 Å². The number of aromatic nitrogens is 3. The van der Waals surface area contributed by atoms with Crippen molar-refractivity contribution in [3.05, 3.63) is 37.1 Å². The summed E-state index contributed by atoms with van der Waals surface area (Å²) < 4.78 is 7.08. The number of amides is 2. The minimum Gasteiger partial charge on any atom is -0.480 e. The minimum absolute atomic E-state index is 0.0700. The smallest absolute Gasteiger partial charge is 0.319 e. The first-order valence-corrected chi connectivity index (χ1v) is 7.42.